The summed E-state index contributed by atoms with van der Waals surface area (Å²) in [5.74, 6) is 0.837. The molecule has 1 rings (SSSR count). The number of hydrogen-bond acceptors (Lipinski definition) is 1. The monoisotopic (exact) mass is 204 g/mol. The van der Waals surface area contributed by atoms with Crippen LogP contribution in [-0.2, 0) is 0 Å². The quantitative estimate of drug-likeness (QED) is 0.687. The van der Waals surface area contributed by atoms with E-state index < -0.39 is 0 Å². The molecule has 0 saturated heterocycles. The van der Waals surface area contributed by atoms with Crippen LogP contribution < -0.4 is 0 Å². The van der Waals surface area contributed by atoms with Gasteiger partial charge in [0.05, 0.1) is 0 Å². The molecule has 0 aliphatic heterocycles. The Morgan fingerprint density at radius 1 is 1.40 bits per heavy atom. The van der Waals surface area contributed by atoms with E-state index in [2.05, 4.69) is 13.5 Å². The highest BCUT2D eigenvalue weighted by Crippen LogP contribution is 2.31. The standard InChI is InChI=1S/C14H20O/c1-3-5-9-12(8-4-2)13-10-6-7-11-14(13)15/h4,6-7,10-12,15H,2-3,5,8-9H2,1H3. The molecule has 0 heterocycles. The topological polar surface area (TPSA) is 20.2 Å². The maximum Gasteiger partial charge on any atom is 0.119 e. The molecule has 1 aromatic rings. The Morgan fingerprint density at radius 3 is 2.73 bits per heavy atom. The van der Waals surface area contributed by atoms with Gasteiger partial charge in [-0.3, -0.25) is 0 Å². The number of allylic oxidation sites excluding steroid dienone is 1. The summed E-state index contributed by atoms with van der Waals surface area (Å²) in [5.41, 5.74) is 1.06. The summed E-state index contributed by atoms with van der Waals surface area (Å²) < 4.78 is 0. The molecule has 1 N–H and O–H groups in total. The van der Waals surface area contributed by atoms with Crippen molar-refractivity contribution in [1.82, 2.24) is 0 Å². The van der Waals surface area contributed by atoms with Gasteiger partial charge in [0.25, 0.3) is 0 Å². The maximum absolute atomic E-state index is 9.77. The lowest BCUT2D eigenvalue weighted by atomic mass is 9.90. The van der Waals surface area contributed by atoms with E-state index in [4.69, 9.17) is 0 Å². The summed E-state index contributed by atoms with van der Waals surface area (Å²) in [5, 5.41) is 9.77. The Morgan fingerprint density at radius 2 is 2.13 bits per heavy atom. The number of phenols is 1. The SMILES string of the molecule is C=CCC(CCCC)c1ccccc1O. The van der Waals surface area contributed by atoms with E-state index in [0.29, 0.717) is 11.7 Å². The van der Waals surface area contributed by atoms with Gasteiger partial charge in [-0.1, -0.05) is 44.0 Å². The van der Waals surface area contributed by atoms with Crippen molar-refractivity contribution >= 4 is 0 Å². The number of para-hydroxylation sites is 1. The second-order valence-corrected chi connectivity index (χ2v) is 3.92. The Hall–Kier alpha value is -1.24. The van der Waals surface area contributed by atoms with Crippen LogP contribution in [0.4, 0.5) is 0 Å². The second-order valence-electron chi connectivity index (χ2n) is 3.92. The molecular formula is C14H20O. The fraction of sp³-hybridized carbons (Fsp3) is 0.429. The van der Waals surface area contributed by atoms with Crippen molar-refractivity contribution < 1.29 is 5.11 Å². The fourth-order valence-corrected chi connectivity index (χ4v) is 1.88. The van der Waals surface area contributed by atoms with E-state index in [-0.39, 0.29) is 0 Å². The van der Waals surface area contributed by atoms with Gasteiger partial charge in [-0.25, -0.2) is 0 Å². The molecule has 0 bridgehead atoms. The highest BCUT2D eigenvalue weighted by molar-refractivity contribution is 5.35. The van der Waals surface area contributed by atoms with E-state index in [0.717, 1.165) is 18.4 Å². The lowest BCUT2D eigenvalue weighted by molar-refractivity contribution is 0.455. The van der Waals surface area contributed by atoms with Crippen LogP contribution in [0.15, 0.2) is 36.9 Å². The number of unbranched alkanes of at least 4 members (excludes halogenated alkanes) is 1. The minimum Gasteiger partial charge on any atom is -0.508 e. The minimum absolute atomic E-state index is 0.417. The van der Waals surface area contributed by atoms with Crippen molar-refractivity contribution in [3.8, 4) is 5.75 Å². The van der Waals surface area contributed by atoms with Crippen molar-refractivity contribution in [2.75, 3.05) is 0 Å². The molecule has 0 spiro atoms. The number of rotatable bonds is 6. The van der Waals surface area contributed by atoms with Gasteiger partial charge >= 0.3 is 0 Å². The molecule has 0 aliphatic rings. The predicted molar refractivity (Wildman–Crippen MR) is 65.2 cm³/mol. The molecule has 0 amide bonds. The Kier molecular flexibility index (Phi) is 4.96. The molecule has 82 valence electrons. The van der Waals surface area contributed by atoms with Crippen LogP contribution in [0.1, 0.15) is 44.1 Å². The van der Waals surface area contributed by atoms with Gasteiger partial charge < -0.3 is 5.11 Å². The minimum atomic E-state index is 0.417. The van der Waals surface area contributed by atoms with E-state index in [1.807, 2.05) is 24.3 Å². The van der Waals surface area contributed by atoms with Crippen molar-refractivity contribution in [1.29, 1.82) is 0 Å². The van der Waals surface area contributed by atoms with Gasteiger partial charge in [-0.05, 0) is 30.4 Å². The molecule has 1 nitrogen and oxygen atoms in total. The third-order valence-electron chi connectivity index (χ3n) is 2.73. The van der Waals surface area contributed by atoms with Crippen LogP contribution in [0.2, 0.25) is 0 Å². The van der Waals surface area contributed by atoms with Crippen molar-refractivity contribution in [2.45, 2.75) is 38.5 Å². The summed E-state index contributed by atoms with van der Waals surface area (Å²) in [7, 11) is 0. The van der Waals surface area contributed by atoms with Gasteiger partial charge in [0.1, 0.15) is 5.75 Å². The van der Waals surface area contributed by atoms with E-state index >= 15 is 0 Å². The predicted octanol–water partition coefficient (Wildman–Crippen LogP) is 4.24. The fourth-order valence-electron chi connectivity index (χ4n) is 1.88. The van der Waals surface area contributed by atoms with Gasteiger partial charge in [-0.15, -0.1) is 6.58 Å². The summed E-state index contributed by atoms with van der Waals surface area (Å²) in [6.07, 6.45) is 6.40. The Labute approximate surface area is 92.5 Å². The zero-order valence-corrected chi connectivity index (χ0v) is 9.45. The average Bonchev–Trinajstić information content (AvgIpc) is 2.25. The molecular weight excluding hydrogens is 184 g/mol. The first-order valence-corrected chi connectivity index (χ1v) is 5.68. The molecule has 1 heteroatoms. The molecule has 0 aromatic heterocycles. The maximum atomic E-state index is 9.77. The highest BCUT2D eigenvalue weighted by Gasteiger charge is 2.12. The summed E-state index contributed by atoms with van der Waals surface area (Å²) in [6.45, 7) is 5.97. The zero-order valence-electron chi connectivity index (χ0n) is 9.45. The number of aromatic hydroxyl groups is 1. The molecule has 15 heavy (non-hydrogen) atoms. The lowest BCUT2D eigenvalue weighted by Crippen LogP contribution is -1.98. The van der Waals surface area contributed by atoms with Gasteiger partial charge in [0, 0.05) is 0 Å². The van der Waals surface area contributed by atoms with Crippen LogP contribution in [0.3, 0.4) is 0 Å². The number of benzene rings is 1. The molecule has 1 atom stereocenters. The average molecular weight is 204 g/mol. The molecule has 1 unspecified atom stereocenters. The van der Waals surface area contributed by atoms with E-state index in [1.165, 1.54) is 12.8 Å². The first-order valence-electron chi connectivity index (χ1n) is 5.68. The van der Waals surface area contributed by atoms with Crippen molar-refractivity contribution in [2.24, 2.45) is 0 Å². The first-order chi connectivity index (χ1) is 7.29. The van der Waals surface area contributed by atoms with Gasteiger partial charge in [0.15, 0.2) is 0 Å². The van der Waals surface area contributed by atoms with Gasteiger partial charge in [-0.2, -0.15) is 0 Å². The van der Waals surface area contributed by atoms with Crippen molar-refractivity contribution in [3.05, 3.63) is 42.5 Å². The highest BCUT2D eigenvalue weighted by atomic mass is 16.3. The Balaban J connectivity index is 2.78. The molecule has 0 radical (unpaired) electrons. The third kappa shape index (κ3) is 3.43. The van der Waals surface area contributed by atoms with Crippen LogP contribution in [0, 0.1) is 0 Å². The molecule has 0 fully saturated rings. The largest absolute Gasteiger partial charge is 0.508 e. The summed E-state index contributed by atoms with van der Waals surface area (Å²) in [6, 6.07) is 7.62. The number of hydrogen-bond donors (Lipinski definition) is 1. The van der Waals surface area contributed by atoms with Crippen LogP contribution in [0.5, 0.6) is 5.75 Å². The zero-order chi connectivity index (χ0) is 11.1. The lowest BCUT2D eigenvalue weighted by Gasteiger charge is -2.16. The molecule has 0 aliphatic carbocycles. The molecule has 0 saturated carbocycles. The van der Waals surface area contributed by atoms with E-state index in [9.17, 15) is 5.11 Å². The summed E-state index contributed by atoms with van der Waals surface area (Å²) in [4.78, 5) is 0. The summed E-state index contributed by atoms with van der Waals surface area (Å²) >= 11 is 0. The van der Waals surface area contributed by atoms with Crippen molar-refractivity contribution in [3.63, 3.8) is 0 Å². The first kappa shape index (κ1) is 11.8. The van der Waals surface area contributed by atoms with Gasteiger partial charge in [0.2, 0.25) is 0 Å². The van der Waals surface area contributed by atoms with Crippen LogP contribution in [0.25, 0.3) is 0 Å². The normalized spacial score (nSPS) is 12.3. The van der Waals surface area contributed by atoms with Crippen LogP contribution >= 0.6 is 0 Å². The third-order valence-corrected chi connectivity index (χ3v) is 2.73. The Bertz CT molecular complexity index is 304. The second kappa shape index (κ2) is 6.28. The van der Waals surface area contributed by atoms with Crippen LogP contribution in [-0.4, -0.2) is 5.11 Å². The smallest absolute Gasteiger partial charge is 0.119 e. The molecule has 1 aromatic carbocycles. The van der Waals surface area contributed by atoms with E-state index in [1.54, 1.807) is 6.07 Å². The number of phenolic OH excluding ortho intramolecular Hbond substituents is 1.